The quantitative estimate of drug-likeness (QED) is 0.747. The van der Waals surface area contributed by atoms with E-state index < -0.39 is 5.91 Å². The molecule has 138 valence electrons. The van der Waals surface area contributed by atoms with E-state index in [1.165, 1.54) is 0 Å². The number of aromatic nitrogens is 1. The third-order valence-electron chi connectivity index (χ3n) is 5.32. The van der Waals surface area contributed by atoms with Gasteiger partial charge in [0.25, 0.3) is 5.91 Å². The lowest BCUT2D eigenvalue weighted by atomic mass is 10.0. The highest BCUT2D eigenvalue weighted by atomic mass is 35.5. The van der Waals surface area contributed by atoms with Crippen LogP contribution in [0, 0.1) is 0 Å². The van der Waals surface area contributed by atoms with Crippen molar-refractivity contribution in [2.75, 3.05) is 6.54 Å². The number of fused-ring (bicyclic) bond motifs is 1. The van der Waals surface area contributed by atoms with Gasteiger partial charge in [-0.3, -0.25) is 9.59 Å². The first-order valence-corrected chi connectivity index (χ1v) is 9.29. The monoisotopic (exact) mass is 381 g/mol. The molecule has 2 aromatic carbocycles. The fourth-order valence-corrected chi connectivity index (χ4v) is 4.05. The normalized spacial score (nSPS) is 16.8. The van der Waals surface area contributed by atoms with Crippen LogP contribution in [0.1, 0.15) is 45.3 Å². The number of hydrogen-bond acceptors (Lipinski definition) is 2. The van der Waals surface area contributed by atoms with Gasteiger partial charge < -0.3 is 15.2 Å². The number of benzene rings is 2. The molecule has 1 unspecified atom stereocenters. The Hall–Kier alpha value is -2.79. The Morgan fingerprint density at radius 1 is 1.11 bits per heavy atom. The Labute approximate surface area is 162 Å². The summed E-state index contributed by atoms with van der Waals surface area (Å²) in [5.74, 6) is -0.443. The largest absolute Gasteiger partial charge is 0.366 e. The van der Waals surface area contributed by atoms with Crippen LogP contribution in [0.5, 0.6) is 0 Å². The maximum Gasteiger partial charge on any atom is 0.271 e. The average molecular weight is 382 g/mol. The molecule has 2 heterocycles. The number of carbonyl (C=O) groups excluding carboxylic acids is 2. The van der Waals surface area contributed by atoms with Crippen molar-refractivity contribution in [3.8, 4) is 0 Å². The molecule has 1 aliphatic heterocycles. The molecule has 2 N–H and O–H groups in total. The lowest BCUT2D eigenvalue weighted by molar-refractivity contribution is 0.0726. The fraction of sp³-hybridized carbons (Fsp3) is 0.238. The lowest BCUT2D eigenvalue weighted by Crippen LogP contribution is -2.31. The second-order valence-corrected chi connectivity index (χ2v) is 7.37. The van der Waals surface area contributed by atoms with Crippen LogP contribution in [0.2, 0.25) is 5.02 Å². The van der Waals surface area contributed by atoms with E-state index in [2.05, 4.69) is 0 Å². The first-order chi connectivity index (χ1) is 13.0. The lowest BCUT2D eigenvalue weighted by Gasteiger charge is -2.25. The Bertz CT molecular complexity index is 1040. The summed E-state index contributed by atoms with van der Waals surface area (Å²) in [7, 11) is 1.89. The van der Waals surface area contributed by atoms with Crippen LogP contribution in [0.3, 0.4) is 0 Å². The second-order valence-electron chi connectivity index (χ2n) is 6.93. The van der Waals surface area contributed by atoms with Gasteiger partial charge in [-0.15, -0.1) is 0 Å². The summed E-state index contributed by atoms with van der Waals surface area (Å²) in [5, 5.41) is 1.64. The van der Waals surface area contributed by atoms with Gasteiger partial charge in [0, 0.05) is 35.1 Å². The van der Waals surface area contributed by atoms with Crippen LogP contribution in [0.25, 0.3) is 10.9 Å². The summed E-state index contributed by atoms with van der Waals surface area (Å²) < 4.78 is 1.90. The predicted molar refractivity (Wildman–Crippen MR) is 106 cm³/mol. The molecule has 0 aliphatic carbocycles. The van der Waals surface area contributed by atoms with Gasteiger partial charge in [0.05, 0.1) is 6.04 Å². The van der Waals surface area contributed by atoms with Crippen molar-refractivity contribution in [1.29, 1.82) is 0 Å². The number of likely N-dealkylation sites (tertiary alicyclic amines) is 1. The molecule has 4 rings (SSSR count). The standard InChI is InChI=1S/C21H20ClN3O2/c1-24-18-12-16(22)9-8-15(18)11-19(24)21(27)25-10-2-3-17(25)13-4-6-14(7-5-13)20(23)26/h4-9,11-12,17H,2-3,10H2,1H3,(H2,23,26). The van der Waals surface area contributed by atoms with Crippen molar-refractivity contribution in [1.82, 2.24) is 9.47 Å². The van der Waals surface area contributed by atoms with Crippen molar-refractivity contribution in [2.24, 2.45) is 12.8 Å². The molecular formula is C21H20ClN3O2. The van der Waals surface area contributed by atoms with E-state index >= 15 is 0 Å². The van der Waals surface area contributed by atoms with Gasteiger partial charge in [0.2, 0.25) is 5.91 Å². The smallest absolute Gasteiger partial charge is 0.271 e. The van der Waals surface area contributed by atoms with Crippen molar-refractivity contribution < 1.29 is 9.59 Å². The predicted octanol–water partition coefficient (Wildman–Crippen LogP) is 3.91. The third kappa shape index (κ3) is 3.08. The minimum Gasteiger partial charge on any atom is -0.366 e. The topological polar surface area (TPSA) is 68.3 Å². The zero-order valence-corrected chi connectivity index (χ0v) is 15.7. The van der Waals surface area contributed by atoms with Crippen LogP contribution in [0.4, 0.5) is 0 Å². The number of halogens is 1. The third-order valence-corrected chi connectivity index (χ3v) is 5.56. The number of carbonyl (C=O) groups is 2. The zero-order valence-electron chi connectivity index (χ0n) is 15.0. The van der Waals surface area contributed by atoms with Crippen molar-refractivity contribution in [2.45, 2.75) is 18.9 Å². The van der Waals surface area contributed by atoms with E-state index in [9.17, 15) is 9.59 Å². The summed E-state index contributed by atoms with van der Waals surface area (Å²) >= 11 is 6.10. The minimum absolute atomic E-state index is 0.000951. The molecule has 3 aromatic rings. The highest BCUT2D eigenvalue weighted by Crippen LogP contribution is 2.34. The minimum atomic E-state index is -0.449. The maximum absolute atomic E-state index is 13.3. The zero-order chi connectivity index (χ0) is 19.1. The van der Waals surface area contributed by atoms with Gasteiger partial charge in [-0.2, -0.15) is 0 Å². The molecule has 1 atom stereocenters. The van der Waals surface area contributed by atoms with Crippen LogP contribution < -0.4 is 5.73 Å². The first kappa shape index (κ1) is 17.6. The van der Waals surface area contributed by atoms with E-state index in [1.54, 1.807) is 12.1 Å². The summed E-state index contributed by atoms with van der Waals surface area (Å²) in [6.07, 6.45) is 1.85. The highest BCUT2D eigenvalue weighted by molar-refractivity contribution is 6.31. The molecule has 5 nitrogen and oxygen atoms in total. The van der Waals surface area contributed by atoms with Gasteiger partial charge in [-0.05, 0) is 48.7 Å². The molecule has 0 bridgehead atoms. The van der Waals surface area contributed by atoms with E-state index in [0.29, 0.717) is 22.8 Å². The van der Waals surface area contributed by atoms with E-state index in [4.69, 9.17) is 17.3 Å². The SMILES string of the molecule is Cn1c(C(=O)N2CCCC2c2ccc(C(N)=O)cc2)cc2ccc(Cl)cc21. The molecule has 0 spiro atoms. The number of primary amides is 1. The van der Waals surface area contributed by atoms with Crippen molar-refractivity contribution in [3.05, 3.63) is 70.4 Å². The summed E-state index contributed by atoms with van der Waals surface area (Å²) in [4.78, 5) is 26.5. The van der Waals surface area contributed by atoms with Crippen molar-refractivity contribution in [3.63, 3.8) is 0 Å². The Morgan fingerprint density at radius 3 is 2.56 bits per heavy atom. The van der Waals surface area contributed by atoms with E-state index in [0.717, 1.165) is 29.3 Å². The van der Waals surface area contributed by atoms with Crippen LogP contribution in [-0.4, -0.2) is 27.8 Å². The Balaban J connectivity index is 1.66. The van der Waals surface area contributed by atoms with Gasteiger partial charge in [-0.1, -0.05) is 29.8 Å². The molecular weight excluding hydrogens is 362 g/mol. The number of amides is 2. The molecule has 1 aliphatic rings. The Kier molecular flexibility index (Phi) is 4.40. The molecule has 6 heteroatoms. The molecule has 2 amide bonds. The highest BCUT2D eigenvalue weighted by Gasteiger charge is 2.32. The maximum atomic E-state index is 13.3. The average Bonchev–Trinajstić information content (AvgIpc) is 3.27. The summed E-state index contributed by atoms with van der Waals surface area (Å²) in [6, 6.07) is 14.8. The van der Waals surface area contributed by atoms with E-state index in [-0.39, 0.29) is 11.9 Å². The van der Waals surface area contributed by atoms with Crippen LogP contribution >= 0.6 is 11.6 Å². The fourth-order valence-electron chi connectivity index (χ4n) is 3.88. The molecule has 0 saturated carbocycles. The number of rotatable bonds is 3. The molecule has 27 heavy (non-hydrogen) atoms. The van der Waals surface area contributed by atoms with Crippen LogP contribution in [0.15, 0.2) is 48.5 Å². The molecule has 1 saturated heterocycles. The first-order valence-electron chi connectivity index (χ1n) is 8.91. The molecule has 0 radical (unpaired) electrons. The number of aryl methyl sites for hydroxylation is 1. The molecule has 1 aromatic heterocycles. The van der Waals surface area contributed by atoms with E-state index in [1.807, 2.05) is 52.9 Å². The van der Waals surface area contributed by atoms with Gasteiger partial charge in [0.1, 0.15) is 5.69 Å². The number of hydrogen-bond donors (Lipinski definition) is 1. The number of nitrogens with two attached hydrogens (primary N) is 1. The summed E-state index contributed by atoms with van der Waals surface area (Å²) in [5.41, 5.74) is 8.39. The number of nitrogens with zero attached hydrogens (tertiary/aromatic N) is 2. The summed E-state index contributed by atoms with van der Waals surface area (Å²) in [6.45, 7) is 0.712. The van der Waals surface area contributed by atoms with Gasteiger partial charge in [0.15, 0.2) is 0 Å². The molecule has 1 fully saturated rings. The van der Waals surface area contributed by atoms with Gasteiger partial charge in [-0.25, -0.2) is 0 Å². The Morgan fingerprint density at radius 2 is 1.85 bits per heavy atom. The van der Waals surface area contributed by atoms with Crippen molar-refractivity contribution >= 4 is 34.3 Å². The van der Waals surface area contributed by atoms with Crippen LogP contribution in [-0.2, 0) is 7.05 Å². The second kappa shape index (κ2) is 6.74. The van der Waals surface area contributed by atoms with Gasteiger partial charge >= 0.3 is 0 Å².